The van der Waals surface area contributed by atoms with Crippen molar-refractivity contribution in [1.82, 2.24) is 4.90 Å². The SMILES string of the molecule is CC(=O)Nc1ccc(NC(=O)COC(=O)CN2C(=O)[C@H]3C4c5ccccc5C(c5ccccc54)[C@@H]3C2=O)cc1. The van der Waals surface area contributed by atoms with E-state index in [1.807, 2.05) is 48.5 Å². The van der Waals surface area contributed by atoms with E-state index >= 15 is 0 Å². The van der Waals surface area contributed by atoms with Crippen molar-refractivity contribution in [2.75, 3.05) is 23.8 Å². The van der Waals surface area contributed by atoms with Crippen molar-refractivity contribution >= 4 is 41.0 Å². The van der Waals surface area contributed by atoms with Crippen LogP contribution in [0.3, 0.4) is 0 Å². The van der Waals surface area contributed by atoms with Gasteiger partial charge in [0, 0.05) is 30.1 Å². The molecule has 1 heterocycles. The zero-order valence-electron chi connectivity index (χ0n) is 21.0. The topological polar surface area (TPSA) is 122 Å². The van der Waals surface area contributed by atoms with Crippen molar-refractivity contribution in [2.24, 2.45) is 11.8 Å². The molecule has 3 aromatic rings. The molecule has 9 nitrogen and oxygen atoms in total. The Morgan fingerprint density at radius 3 is 1.59 bits per heavy atom. The van der Waals surface area contributed by atoms with Crippen LogP contribution in [0.2, 0.25) is 0 Å². The number of rotatable bonds is 6. The van der Waals surface area contributed by atoms with Crippen molar-refractivity contribution in [3.63, 3.8) is 0 Å². The van der Waals surface area contributed by atoms with E-state index in [2.05, 4.69) is 10.6 Å². The molecule has 1 aliphatic heterocycles. The monoisotopic (exact) mass is 523 g/mol. The third kappa shape index (κ3) is 4.16. The Balaban J connectivity index is 1.12. The van der Waals surface area contributed by atoms with Crippen LogP contribution >= 0.6 is 0 Å². The summed E-state index contributed by atoms with van der Waals surface area (Å²) in [6.07, 6.45) is 0. The second kappa shape index (κ2) is 9.50. The number of amides is 4. The lowest BCUT2D eigenvalue weighted by Crippen LogP contribution is -2.41. The van der Waals surface area contributed by atoms with Crippen molar-refractivity contribution < 1.29 is 28.7 Å². The first-order chi connectivity index (χ1) is 18.8. The van der Waals surface area contributed by atoms with Gasteiger partial charge in [-0.05, 0) is 46.5 Å². The summed E-state index contributed by atoms with van der Waals surface area (Å²) in [5.74, 6) is -4.07. The van der Waals surface area contributed by atoms with Crippen LogP contribution in [0, 0.1) is 11.8 Å². The normalized spacial score (nSPS) is 22.0. The third-order valence-corrected chi connectivity index (χ3v) is 7.68. The molecule has 9 heteroatoms. The summed E-state index contributed by atoms with van der Waals surface area (Å²) in [6, 6.07) is 22.3. The number of carbonyl (C=O) groups excluding carboxylic acids is 5. The molecule has 3 aromatic carbocycles. The molecule has 0 spiro atoms. The summed E-state index contributed by atoms with van der Waals surface area (Å²) in [4.78, 5) is 64.2. The maximum absolute atomic E-state index is 13.6. The fourth-order valence-electron chi connectivity index (χ4n) is 6.25. The fourth-order valence-corrected chi connectivity index (χ4v) is 6.25. The molecule has 7 rings (SSSR count). The molecule has 2 N–H and O–H groups in total. The van der Waals surface area contributed by atoms with E-state index in [0.29, 0.717) is 11.4 Å². The second-order valence-electron chi connectivity index (χ2n) is 9.99. The summed E-state index contributed by atoms with van der Waals surface area (Å²) in [5, 5.41) is 5.22. The van der Waals surface area contributed by atoms with Gasteiger partial charge in [0.2, 0.25) is 17.7 Å². The van der Waals surface area contributed by atoms with Gasteiger partial charge in [0.1, 0.15) is 6.54 Å². The number of likely N-dealkylation sites (tertiary alicyclic amines) is 1. The van der Waals surface area contributed by atoms with Crippen molar-refractivity contribution in [3.8, 4) is 0 Å². The van der Waals surface area contributed by atoms with Crippen LogP contribution in [0.1, 0.15) is 41.0 Å². The van der Waals surface area contributed by atoms with Gasteiger partial charge in [-0.1, -0.05) is 48.5 Å². The molecule has 2 atom stereocenters. The van der Waals surface area contributed by atoms with E-state index in [-0.39, 0.29) is 29.6 Å². The molecule has 4 aliphatic rings. The Morgan fingerprint density at radius 1 is 0.718 bits per heavy atom. The van der Waals surface area contributed by atoms with Gasteiger partial charge in [-0.15, -0.1) is 0 Å². The van der Waals surface area contributed by atoms with Crippen LogP contribution in [-0.2, 0) is 28.7 Å². The first-order valence-electron chi connectivity index (χ1n) is 12.7. The first kappa shape index (κ1) is 24.5. The van der Waals surface area contributed by atoms with E-state index < -0.39 is 36.9 Å². The molecule has 0 saturated carbocycles. The molecule has 0 radical (unpaired) electrons. The van der Waals surface area contributed by atoms with Crippen LogP contribution < -0.4 is 10.6 Å². The highest BCUT2D eigenvalue weighted by Crippen LogP contribution is 2.60. The Bertz CT molecular complexity index is 1420. The van der Waals surface area contributed by atoms with E-state index in [9.17, 15) is 24.0 Å². The zero-order chi connectivity index (χ0) is 27.3. The molecule has 39 heavy (non-hydrogen) atoms. The molecule has 0 aromatic heterocycles. The van der Waals surface area contributed by atoms with Gasteiger partial charge in [-0.25, -0.2) is 0 Å². The minimum Gasteiger partial charge on any atom is -0.454 e. The van der Waals surface area contributed by atoms with Crippen LogP contribution in [0.5, 0.6) is 0 Å². The largest absolute Gasteiger partial charge is 0.454 e. The summed E-state index contributed by atoms with van der Waals surface area (Å²) in [7, 11) is 0. The lowest BCUT2D eigenvalue weighted by atomic mass is 9.55. The molecule has 1 saturated heterocycles. The first-order valence-corrected chi connectivity index (χ1v) is 12.7. The highest BCUT2D eigenvalue weighted by Gasteiger charge is 2.61. The van der Waals surface area contributed by atoms with Gasteiger partial charge in [0.15, 0.2) is 6.61 Å². The smallest absolute Gasteiger partial charge is 0.326 e. The summed E-state index contributed by atoms with van der Waals surface area (Å²) in [5.41, 5.74) is 5.23. The van der Waals surface area contributed by atoms with Gasteiger partial charge >= 0.3 is 5.97 Å². The number of imide groups is 1. The summed E-state index contributed by atoms with van der Waals surface area (Å²) in [6.45, 7) is 0.274. The van der Waals surface area contributed by atoms with Crippen LogP contribution in [0.15, 0.2) is 72.8 Å². The number of nitrogens with one attached hydrogen (secondary N) is 2. The van der Waals surface area contributed by atoms with Crippen LogP contribution in [0.25, 0.3) is 0 Å². The predicted molar refractivity (Wildman–Crippen MR) is 141 cm³/mol. The van der Waals surface area contributed by atoms with Gasteiger partial charge in [-0.2, -0.15) is 0 Å². The molecule has 2 bridgehead atoms. The molecular formula is C30H25N3O6. The second-order valence-corrected chi connectivity index (χ2v) is 9.99. The number of anilines is 2. The average Bonchev–Trinajstić information content (AvgIpc) is 3.18. The Hall–Kier alpha value is -4.79. The maximum Gasteiger partial charge on any atom is 0.326 e. The Morgan fingerprint density at radius 2 is 1.15 bits per heavy atom. The number of hydrogen-bond acceptors (Lipinski definition) is 6. The van der Waals surface area contributed by atoms with Crippen molar-refractivity contribution in [1.29, 1.82) is 0 Å². The molecule has 4 amide bonds. The van der Waals surface area contributed by atoms with Crippen LogP contribution in [-0.4, -0.2) is 47.6 Å². The molecule has 3 aliphatic carbocycles. The van der Waals surface area contributed by atoms with E-state index in [1.54, 1.807) is 24.3 Å². The highest BCUT2D eigenvalue weighted by atomic mass is 16.5. The lowest BCUT2D eigenvalue weighted by Gasteiger charge is -2.45. The Kier molecular flexibility index (Phi) is 5.98. The number of benzene rings is 3. The van der Waals surface area contributed by atoms with E-state index in [4.69, 9.17) is 4.74 Å². The summed E-state index contributed by atoms with van der Waals surface area (Å²) < 4.78 is 5.10. The Labute approximate surface area is 224 Å². The molecular weight excluding hydrogens is 498 g/mol. The van der Waals surface area contributed by atoms with Gasteiger partial charge in [0.05, 0.1) is 11.8 Å². The predicted octanol–water partition coefficient (Wildman–Crippen LogP) is 3.02. The standard InChI is InChI=1S/C30H25N3O6/c1-16(34)31-17-10-12-18(13-11-17)32-23(35)15-39-24(36)14-33-29(37)27-25-19-6-2-3-7-20(19)26(28(27)30(33)38)22-9-5-4-8-21(22)25/h2-13,25-28H,14-15H2,1H3,(H,31,34)(H,32,35)/t25?,26?,27-,28-/m0/s1. The highest BCUT2D eigenvalue weighted by molar-refractivity contribution is 6.09. The minimum absolute atomic E-state index is 0.213. The molecule has 0 unspecified atom stereocenters. The third-order valence-electron chi connectivity index (χ3n) is 7.68. The van der Waals surface area contributed by atoms with E-state index in [0.717, 1.165) is 27.2 Å². The molecule has 196 valence electrons. The number of nitrogens with zero attached hydrogens (tertiary/aromatic N) is 1. The van der Waals surface area contributed by atoms with Crippen LogP contribution in [0.4, 0.5) is 11.4 Å². The van der Waals surface area contributed by atoms with E-state index in [1.165, 1.54) is 6.92 Å². The fraction of sp³-hybridized carbons (Fsp3) is 0.233. The van der Waals surface area contributed by atoms with Crippen molar-refractivity contribution in [3.05, 3.63) is 95.1 Å². The molecule has 1 fully saturated rings. The van der Waals surface area contributed by atoms with Crippen molar-refractivity contribution in [2.45, 2.75) is 18.8 Å². The van der Waals surface area contributed by atoms with Gasteiger partial charge in [0.25, 0.3) is 5.91 Å². The summed E-state index contributed by atoms with van der Waals surface area (Å²) >= 11 is 0. The maximum atomic E-state index is 13.6. The lowest BCUT2D eigenvalue weighted by molar-refractivity contribution is -0.154. The number of esters is 1. The van der Waals surface area contributed by atoms with Gasteiger partial charge in [-0.3, -0.25) is 28.9 Å². The number of hydrogen-bond donors (Lipinski definition) is 2. The minimum atomic E-state index is -0.839. The van der Waals surface area contributed by atoms with Gasteiger partial charge < -0.3 is 15.4 Å². The number of carbonyl (C=O) groups is 5. The zero-order valence-corrected chi connectivity index (χ0v) is 21.0. The average molecular weight is 524 g/mol. The number of ether oxygens (including phenoxy) is 1. The quantitative estimate of drug-likeness (QED) is 0.378.